The Morgan fingerprint density at radius 3 is 2.45 bits per heavy atom. The topological polar surface area (TPSA) is 35.2 Å². The van der Waals surface area contributed by atoms with Crippen LogP contribution >= 0.6 is 0 Å². The zero-order valence-electron chi connectivity index (χ0n) is 12.0. The van der Waals surface area contributed by atoms with Gasteiger partial charge in [0.2, 0.25) is 0 Å². The Kier molecular flexibility index (Phi) is 7.23. The highest BCUT2D eigenvalue weighted by Gasteiger charge is 2.13. The first-order chi connectivity index (χ1) is 9.54. The number of allylic oxidation sites excluding steroid dienone is 1. The molecule has 0 bridgehead atoms. The van der Waals surface area contributed by atoms with E-state index in [1.54, 1.807) is 6.92 Å². The lowest BCUT2D eigenvalue weighted by atomic mass is 10.1. The quantitative estimate of drug-likeness (QED) is 0.549. The normalized spacial score (nSPS) is 12.2. The third-order valence-corrected chi connectivity index (χ3v) is 2.91. The van der Waals surface area contributed by atoms with Gasteiger partial charge in [-0.2, -0.15) is 0 Å². The summed E-state index contributed by atoms with van der Waals surface area (Å²) >= 11 is 0. The predicted molar refractivity (Wildman–Crippen MR) is 77.9 cm³/mol. The molecule has 1 rings (SSSR count). The fourth-order valence-corrected chi connectivity index (χ4v) is 1.98. The van der Waals surface area contributed by atoms with Crippen molar-refractivity contribution in [2.75, 3.05) is 6.61 Å². The molecule has 2 nitrogen and oxygen atoms in total. The Hall–Kier alpha value is -1.42. The van der Waals surface area contributed by atoms with Crippen molar-refractivity contribution in [3.63, 3.8) is 0 Å². The average Bonchev–Trinajstić information content (AvgIpc) is 2.35. The van der Waals surface area contributed by atoms with Crippen LogP contribution in [0.2, 0.25) is 0 Å². The summed E-state index contributed by atoms with van der Waals surface area (Å²) < 4.78 is 32.7. The van der Waals surface area contributed by atoms with Crippen LogP contribution in [0.4, 0.5) is 8.78 Å². The van der Waals surface area contributed by atoms with Crippen LogP contribution in [0.3, 0.4) is 0 Å². The maximum absolute atomic E-state index is 13.8. The molecule has 0 aliphatic rings. The molecule has 0 spiro atoms. The van der Waals surface area contributed by atoms with Gasteiger partial charge in [-0.3, -0.25) is 0 Å². The standard InChI is InChI=1S/C16H23F2NO/c1-3-4-5-6-7-8-20-16-14(17)10-13(9-12(2)19)11-15(16)18/h3,10-12H,1,4-9,19H2,2H3. The highest BCUT2D eigenvalue weighted by Crippen LogP contribution is 2.24. The zero-order chi connectivity index (χ0) is 15.0. The maximum Gasteiger partial charge on any atom is 0.190 e. The van der Waals surface area contributed by atoms with Crippen molar-refractivity contribution >= 4 is 0 Å². The molecular formula is C16H23F2NO. The van der Waals surface area contributed by atoms with E-state index in [9.17, 15) is 8.78 Å². The highest BCUT2D eigenvalue weighted by molar-refractivity contribution is 5.31. The Bertz CT molecular complexity index is 409. The van der Waals surface area contributed by atoms with Crippen LogP contribution in [0.1, 0.15) is 38.2 Å². The van der Waals surface area contributed by atoms with Gasteiger partial charge < -0.3 is 10.5 Å². The molecular weight excluding hydrogens is 260 g/mol. The number of halogens is 2. The van der Waals surface area contributed by atoms with Gasteiger partial charge in [0, 0.05) is 6.04 Å². The Morgan fingerprint density at radius 1 is 1.25 bits per heavy atom. The van der Waals surface area contributed by atoms with Gasteiger partial charge in [0.25, 0.3) is 0 Å². The lowest BCUT2D eigenvalue weighted by Crippen LogP contribution is -2.18. The van der Waals surface area contributed by atoms with Crippen molar-refractivity contribution < 1.29 is 13.5 Å². The summed E-state index contributed by atoms with van der Waals surface area (Å²) in [6.45, 7) is 5.75. The number of benzene rings is 1. The maximum atomic E-state index is 13.8. The number of ether oxygens (including phenoxy) is 1. The van der Waals surface area contributed by atoms with Gasteiger partial charge >= 0.3 is 0 Å². The number of rotatable bonds is 9. The van der Waals surface area contributed by atoms with Crippen LogP contribution in [-0.2, 0) is 6.42 Å². The number of unbranched alkanes of at least 4 members (excludes halogenated alkanes) is 3. The van der Waals surface area contributed by atoms with E-state index in [0.717, 1.165) is 25.7 Å². The molecule has 1 aromatic carbocycles. The Labute approximate surface area is 119 Å². The first-order valence-corrected chi connectivity index (χ1v) is 7.01. The first-order valence-electron chi connectivity index (χ1n) is 7.01. The van der Waals surface area contributed by atoms with E-state index in [-0.39, 0.29) is 11.8 Å². The summed E-state index contributed by atoms with van der Waals surface area (Å²) in [5.74, 6) is -1.61. The molecule has 1 aromatic rings. The summed E-state index contributed by atoms with van der Waals surface area (Å²) in [5, 5.41) is 0. The summed E-state index contributed by atoms with van der Waals surface area (Å²) in [6.07, 6.45) is 6.00. The molecule has 1 atom stereocenters. The van der Waals surface area contributed by atoms with Gasteiger partial charge in [-0.1, -0.05) is 6.08 Å². The molecule has 2 N–H and O–H groups in total. The van der Waals surface area contributed by atoms with Crippen molar-refractivity contribution in [2.45, 2.75) is 45.1 Å². The molecule has 0 amide bonds. The molecule has 1 unspecified atom stereocenters. The predicted octanol–water partition coefficient (Wildman–Crippen LogP) is 3.98. The van der Waals surface area contributed by atoms with Crippen molar-refractivity contribution in [2.24, 2.45) is 5.73 Å². The molecule has 0 heterocycles. The van der Waals surface area contributed by atoms with E-state index in [1.165, 1.54) is 12.1 Å². The molecule has 20 heavy (non-hydrogen) atoms. The molecule has 0 aliphatic heterocycles. The molecule has 4 heteroatoms. The lowest BCUT2D eigenvalue weighted by Gasteiger charge is -2.11. The van der Waals surface area contributed by atoms with Gasteiger partial charge in [0.05, 0.1) is 6.61 Å². The minimum atomic E-state index is -0.660. The van der Waals surface area contributed by atoms with Gasteiger partial charge in [0.1, 0.15) is 0 Å². The van der Waals surface area contributed by atoms with Crippen LogP contribution in [0.25, 0.3) is 0 Å². The van der Waals surface area contributed by atoms with Crippen LogP contribution in [0.15, 0.2) is 24.8 Å². The lowest BCUT2D eigenvalue weighted by molar-refractivity contribution is 0.275. The van der Waals surface area contributed by atoms with Crippen molar-refractivity contribution in [1.29, 1.82) is 0 Å². The van der Waals surface area contributed by atoms with E-state index >= 15 is 0 Å². The molecule has 0 fully saturated rings. The third kappa shape index (κ3) is 5.70. The van der Waals surface area contributed by atoms with Gasteiger partial charge in [-0.15, -0.1) is 6.58 Å². The number of nitrogens with two attached hydrogens (primary N) is 1. The Morgan fingerprint density at radius 2 is 1.90 bits per heavy atom. The second-order valence-corrected chi connectivity index (χ2v) is 5.06. The fraction of sp³-hybridized carbons (Fsp3) is 0.500. The van der Waals surface area contributed by atoms with E-state index in [0.29, 0.717) is 18.6 Å². The molecule has 112 valence electrons. The summed E-state index contributed by atoms with van der Waals surface area (Å²) in [6, 6.07) is 2.45. The molecule has 0 saturated heterocycles. The minimum absolute atomic E-state index is 0.134. The van der Waals surface area contributed by atoms with Gasteiger partial charge in [-0.25, -0.2) is 8.78 Å². The molecule has 0 radical (unpaired) electrons. The van der Waals surface area contributed by atoms with Crippen LogP contribution < -0.4 is 10.5 Å². The zero-order valence-corrected chi connectivity index (χ0v) is 12.0. The molecule has 0 saturated carbocycles. The largest absolute Gasteiger partial charge is 0.488 e. The van der Waals surface area contributed by atoms with Crippen LogP contribution in [-0.4, -0.2) is 12.6 Å². The minimum Gasteiger partial charge on any atom is -0.488 e. The first kappa shape index (κ1) is 16.6. The van der Waals surface area contributed by atoms with Gasteiger partial charge in [0.15, 0.2) is 17.4 Å². The van der Waals surface area contributed by atoms with Crippen LogP contribution in [0.5, 0.6) is 5.75 Å². The number of hydrogen-bond donors (Lipinski definition) is 1. The second-order valence-electron chi connectivity index (χ2n) is 5.06. The number of hydrogen-bond acceptors (Lipinski definition) is 2. The van der Waals surface area contributed by atoms with Crippen molar-refractivity contribution in [3.05, 3.63) is 42.0 Å². The highest BCUT2D eigenvalue weighted by atomic mass is 19.1. The summed E-state index contributed by atoms with van der Waals surface area (Å²) in [5.41, 5.74) is 6.17. The third-order valence-electron chi connectivity index (χ3n) is 2.91. The average molecular weight is 283 g/mol. The van der Waals surface area contributed by atoms with Crippen molar-refractivity contribution in [3.8, 4) is 5.75 Å². The second kappa shape index (κ2) is 8.69. The monoisotopic (exact) mass is 283 g/mol. The smallest absolute Gasteiger partial charge is 0.190 e. The fourth-order valence-electron chi connectivity index (χ4n) is 1.98. The Balaban J connectivity index is 2.51. The van der Waals surface area contributed by atoms with E-state index in [4.69, 9.17) is 10.5 Å². The summed E-state index contributed by atoms with van der Waals surface area (Å²) in [7, 11) is 0. The van der Waals surface area contributed by atoms with E-state index in [1.807, 2.05) is 6.08 Å². The van der Waals surface area contributed by atoms with Crippen molar-refractivity contribution in [1.82, 2.24) is 0 Å². The van der Waals surface area contributed by atoms with Gasteiger partial charge in [-0.05, 0) is 56.7 Å². The van der Waals surface area contributed by atoms with E-state index in [2.05, 4.69) is 6.58 Å². The van der Waals surface area contributed by atoms with Crippen LogP contribution in [0, 0.1) is 11.6 Å². The molecule has 0 aromatic heterocycles. The molecule has 0 aliphatic carbocycles. The SMILES string of the molecule is C=CCCCCCOc1c(F)cc(CC(C)N)cc1F. The summed E-state index contributed by atoms with van der Waals surface area (Å²) in [4.78, 5) is 0. The van der Waals surface area contributed by atoms with E-state index < -0.39 is 11.6 Å².